The van der Waals surface area contributed by atoms with Gasteiger partial charge in [-0.25, -0.2) is 4.39 Å². The van der Waals surface area contributed by atoms with Crippen LogP contribution in [-0.4, -0.2) is 24.6 Å². The molecule has 0 unspecified atom stereocenters. The first-order valence-electron chi connectivity index (χ1n) is 5.62. The summed E-state index contributed by atoms with van der Waals surface area (Å²) in [5.74, 6) is -0.998. The van der Waals surface area contributed by atoms with Crippen molar-refractivity contribution in [3.63, 3.8) is 0 Å². The van der Waals surface area contributed by atoms with Crippen LogP contribution in [0.4, 0.5) is 4.39 Å². The zero-order valence-corrected chi connectivity index (χ0v) is 9.71. The first kappa shape index (κ1) is 11.0. The number of amides is 2. The van der Waals surface area contributed by atoms with E-state index in [1.54, 1.807) is 20.1 Å². The molecule has 2 heterocycles. The molecular weight excluding hydrogens is 234 g/mol. The van der Waals surface area contributed by atoms with Crippen molar-refractivity contribution in [2.45, 2.75) is 11.7 Å². The molecule has 1 aromatic carbocycles. The lowest BCUT2D eigenvalue weighted by Gasteiger charge is -2.18. The second-order valence-corrected chi connectivity index (χ2v) is 4.78. The highest BCUT2D eigenvalue weighted by molar-refractivity contribution is 6.35. The second kappa shape index (κ2) is 3.44. The van der Waals surface area contributed by atoms with E-state index >= 15 is 0 Å². The Labute approximate surface area is 103 Å². The van der Waals surface area contributed by atoms with Crippen molar-refractivity contribution in [1.82, 2.24) is 10.3 Å². The number of aromatic amines is 1. The van der Waals surface area contributed by atoms with E-state index in [2.05, 4.69) is 10.3 Å². The van der Waals surface area contributed by atoms with E-state index in [1.807, 2.05) is 0 Å². The summed E-state index contributed by atoms with van der Waals surface area (Å²) in [5.41, 5.74) is 1.40. The summed E-state index contributed by atoms with van der Waals surface area (Å²) in [6, 6.07) is 4.35. The minimum absolute atomic E-state index is 0.0926. The highest BCUT2D eigenvalue weighted by Crippen LogP contribution is 2.34. The lowest BCUT2D eigenvalue weighted by molar-refractivity contribution is -0.125. The predicted molar refractivity (Wildman–Crippen MR) is 66.2 cm³/mol. The van der Waals surface area contributed by atoms with Crippen molar-refractivity contribution in [3.05, 3.63) is 35.8 Å². The lowest BCUT2D eigenvalue weighted by atomic mass is 9.63. The van der Waals surface area contributed by atoms with Gasteiger partial charge in [0.2, 0.25) is 11.8 Å². The van der Waals surface area contributed by atoms with E-state index < -0.39 is 5.31 Å². The fraction of sp³-hybridized carbons (Fsp3) is 0.167. The van der Waals surface area contributed by atoms with Crippen molar-refractivity contribution in [2.75, 3.05) is 0 Å². The number of nitrogens with one attached hydrogen (secondary N) is 2. The predicted octanol–water partition coefficient (Wildman–Crippen LogP) is 0.182. The molecule has 4 nitrogen and oxygen atoms in total. The molecule has 1 saturated heterocycles. The molecule has 1 aromatic heterocycles. The summed E-state index contributed by atoms with van der Waals surface area (Å²) in [4.78, 5) is 26.2. The number of benzene rings is 1. The molecular formula is C12H10BFN2O2. The number of rotatable bonds is 1. The van der Waals surface area contributed by atoms with Gasteiger partial charge in [-0.2, -0.15) is 0 Å². The Morgan fingerprint density at radius 2 is 2.11 bits per heavy atom. The molecule has 0 radical (unpaired) electrons. The van der Waals surface area contributed by atoms with Crippen molar-refractivity contribution in [1.29, 1.82) is 0 Å². The average Bonchev–Trinajstić information content (AvgIpc) is 2.81. The van der Waals surface area contributed by atoms with Crippen LogP contribution in [0.5, 0.6) is 0 Å². The molecule has 0 saturated carbocycles. The summed E-state index contributed by atoms with van der Waals surface area (Å²) in [5, 5.41) is 2.00. The van der Waals surface area contributed by atoms with Gasteiger partial charge in [0.15, 0.2) is 0 Å². The van der Waals surface area contributed by atoms with E-state index in [0.29, 0.717) is 10.9 Å². The first-order chi connectivity index (χ1) is 8.50. The Kier molecular flexibility index (Phi) is 2.11. The third kappa shape index (κ3) is 1.38. The fourth-order valence-electron chi connectivity index (χ4n) is 2.48. The van der Waals surface area contributed by atoms with Crippen molar-refractivity contribution in [2.24, 2.45) is 0 Å². The van der Waals surface area contributed by atoms with E-state index in [9.17, 15) is 14.0 Å². The largest absolute Gasteiger partial charge is 0.361 e. The minimum atomic E-state index is -0.927. The molecule has 1 aliphatic rings. The number of H-pyrrole nitrogens is 1. The Hall–Kier alpha value is -2.11. The molecule has 90 valence electrons. The maximum Gasteiger partial charge on any atom is 0.229 e. The molecule has 0 spiro atoms. The molecule has 1 atom stereocenters. The van der Waals surface area contributed by atoms with Crippen LogP contribution in [0.2, 0.25) is 0 Å². The molecule has 2 amide bonds. The SMILES string of the molecule is B[C@]1(c2c[nH]c3ccc(F)cc23)CC(=O)NC1=O. The Morgan fingerprint density at radius 3 is 2.78 bits per heavy atom. The van der Waals surface area contributed by atoms with Crippen LogP contribution in [0.25, 0.3) is 10.9 Å². The van der Waals surface area contributed by atoms with E-state index in [1.165, 1.54) is 12.1 Å². The molecule has 18 heavy (non-hydrogen) atoms. The highest BCUT2D eigenvalue weighted by Gasteiger charge is 2.44. The van der Waals surface area contributed by atoms with Crippen LogP contribution in [-0.2, 0) is 14.9 Å². The van der Waals surface area contributed by atoms with Gasteiger partial charge >= 0.3 is 0 Å². The Balaban J connectivity index is 2.23. The number of fused-ring (bicyclic) bond motifs is 1. The highest BCUT2D eigenvalue weighted by atomic mass is 19.1. The maximum atomic E-state index is 13.3. The fourth-order valence-corrected chi connectivity index (χ4v) is 2.48. The van der Waals surface area contributed by atoms with Crippen LogP contribution in [0.1, 0.15) is 12.0 Å². The van der Waals surface area contributed by atoms with Gasteiger partial charge in [-0.1, -0.05) is 0 Å². The van der Waals surface area contributed by atoms with Gasteiger partial charge < -0.3 is 4.98 Å². The number of hydrogen-bond donors (Lipinski definition) is 2. The third-order valence-electron chi connectivity index (χ3n) is 3.51. The number of carbonyl (C=O) groups is 2. The average molecular weight is 244 g/mol. The van der Waals surface area contributed by atoms with Crippen molar-refractivity contribution in [3.8, 4) is 0 Å². The van der Waals surface area contributed by atoms with Crippen LogP contribution < -0.4 is 5.32 Å². The minimum Gasteiger partial charge on any atom is -0.361 e. The second-order valence-electron chi connectivity index (χ2n) is 4.78. The third-order valence-corrected chi connectivity index (χ3v) is 3.51. The van der Waals surface area contributed by atoms with Gasteiger partial charge in [-0.05, 0) is 23.8 Å². The molecule has 3 rings (SSSR count). The summed E-state index contributed by atoms with van der Waals surface area (Å²) < 4.78 is 13.3. The lowest BCUT2D eigenvalue weighted by Crippen LogP contribution is -2.35. The van der Waals surface area contributed by atoms with E-state index in [-0.39, 0.29) is 24.1 Å². The molecule has 1 aliphatic heterocycles. The maximum absolute atomic E-state index is 13.3. The quantitative estimate of drug-likeness (QED) is 0.555. The monoisotopic (exact) mass is 244 g/mol. The van der Waals surface area contributed by atoms with Gasteiger partial charge in [-0.15, -0.1) is 0 Å². The smallest absolute Gasteiger partial charge is 0.229 e. The number of hydrogen-bond acceptors (Lipinski definition) is 2. The normalized spacial score (nSPS) is 23.6. The number of halogens is 1. The zero-order chi connectivity index (χ0) is 12.9. The summed E-state index contributed by atoms with van der Waals surface area (Å²) >= 11 is 0. The first-order valence-corrected chi connectivity index (χ1v) is 5.62. The topological polar surface area (TPSA) is 62.0 Å². The number of carbonyl (C=O) groups excluding carboxylic acids is 2. The number of imide groups is 1. The van der Waals surface area contributed by atoms with Gasteiger partial charge in [0.05, 0.1) is 5.31 Å². The van der Waals surface area contributed by atoms with Gasteiger partial charge in [0.25, 0.3) is 0 Å². The molecule has 0 bridgehead atoms. The van der Waals surface area contributed by atoms with Crippen LogP contribution in [0.3, 0.4) is 0 Å². The van der Waals surface area contributed by atoms with Gasteiger partial charge in [-0.3, -0.25) is 14.9 Å². The summed E-state index contributed by atoms with van der Waals surface area (Å²) in [7, 11) is 1.70. The van der Waals surface area contributed by atoms with E-state index in [0.717, 1.165) is 5.52 Å². The van der Waals surface area contributed by atoms with Gasteiger partial charge in [0, 0.05) is 23.5 Å². The van der Waals surface area contributed by atoms with E-state index in [4.69, 9.17) is 0 Å². The van der Waals surface area contributed by atoms with Crippen LogP contribution in [0, 0.1) is 5.82 Å². The molecule has 6 heteroatoms. The van der Waals surface area contributed by atoms with Crippen LogP contribution in [0.15, 0.2) is 24.4 Å². The van der Waals surface area contributed by atoms with Crippen molar-refractivity contribution < 1.29 is 14.0 Å². The summed E-state index contributed by atoms with van der Waals surface area (Å²) in [6.07, 6.45) is 1.76. The number of aromatic nitrogens is 1. The Bertz CT molecular complexity index is 682. The van der Waals surface area contributed by atoms with Crippen LogP contribution >= 0.6 is 0 Å². The molecule has 1 fully saturated rings. The molecule has 2 aromatic rings. The molecule has 0 aliphatic carbocycles. The molecule has 2 N–H and O–H groups in total. The Morgan fingerprint density at radius 1 is 1.33 bits per heavy atom. The van der Waals surface area contributed by atoms with Crippen molar-refractivity contribution >= 4 is 30.6 Å². The zero-order valence-electron chi connectivity index (χ0n) is 9.71. The standard InChI is InChI=1S/C12H10BFN2O2/c13-12(4-10(17)16-11(12)18)8-5-15-9-2-1-6(14)3-7(8)9/h1-3,5,15H,4,13H2,(H,16,17,18)/t12-/m0/s1. The summed E-state index contributed by atoms with van der Waals surface area (Å²) in [6.45, 7) is 0. The van der Waals surface area contributed by atoms with Gasteiger partial charge in [0.1, 0.15) is 13.7 Å².